The second-order valence-corrected chi connectivity index (χ2v) is 9.78. The Kier molecular flexibility index (Phi) is 5.00. The zero-order valence-electron chi connectivity index (χ0n) is 19.3. The number of anilines is 2. The maximum absolute atomic E-state index is 14.3. The van der Waals surface area contributed by atoms with Crippen LogP contribution in [-0.4, -0.2) is 52.7 Å². The van der Waals surface area contributed by atoms with Crippen LogP contribution < -0.4 is 10.6 Å². The summed E-state index contributed by atoms with van der Waals surface area (Å²) < 4.78 is 17.6. The van der Waals surface area contributed by atoms with Gasteiger partial charge >= 0.3 is 0 Å². The van der Waals surface area contributed by atoms with Crippen LogP contribution in [0.1, 0.15) is 50.9 Å². The second-order valence-electron chi connectivity index (χ2n) is 9.78. The van der Waals surface area contributed by atoms with Crippen molar-refractivity contribution in [2.75, 3.05) is 17.2 Å². The zero-order chi connectivity index (χ0) is 23.5. The van der Waals surface area contributed by atoms with Crippen molar-refractivity contribution >= 4 is 28.2 Å². The first kappa shape index (κ1) is 21.6. The average Bonchev–Trinajstić information content (AvgIpc) is 3.37. The minimum atomic E-state index is -0.839. The van der Waals surface area contributed by atoms with Crippen molar-refractivity contribution in [1.82, 2.24) is 29.4 Å². The van der Waals surface area contributed by atoms with Crippen LogP contribution in [0.2, 0.25) is 0 Å². The Morgan fingerprint density at radius 1 is 1.24 bits per heavy atom. The summed E-state index contributed by atoms with van der Waals surface area (Å²) >= 11 is 0. The molecule has 0 unspecified atom stereocenters. The number of aryl methyl sites for hydroxylation is 1. The van der Waals surface area contributed by atoms with Crippen molar-refractivity contribution < 1.29 is 9.50 Å². The highest BCUT2D eigenvalue weighted by molar-refractivity contribution is 5.92. The highest BCUT2D eigenvalue weighted by Crippen LogP contribution is 2.33. The number of hydrogen-bond acceptors (Lipinski definition) is 7. The Morgan fingerprint density at radius 3 is 2.79 bits per heavy atom. The van der Waals surface area contributed by atoms with Gasteiger partial charge in [-0.25, -0.2) is 14.4 Å². The molecule has 1 fully saturated rings. The van der Waals surface area contributed by atoms with E-state index in [2.05, 4.69) is 27.0 Å². The molecule has 3 aromatic heterocycles. The van der Waals surface area contributed by atoms with Gasteiger partial charge in [0.1, 0.15) is 5.82 Å². The summed E-state index contributed by atoms with van der Waals surface area (Å²) in [6.07, 6.45) is 5.71. The number of hydrogen-bond donors (Lipinski definition) is 2. The van der Waals surface area contributed by atoms with Crippen molar-refractivity contribution in [2.45, 2.75) is 64.6 Å². The lowest BCUT2D eigenvalue weighted by Crippen LogP contribution is -2.41. The van der Waals surface area contributed by atoms with E-state index in [9.17, 15) is 9.50 Å². The Morgan fingerprint density at radius 2 is 2.03 bits per heavy atom. The topological polar surface area (TPSA) is 110 Å². The first-order valence-corrected chi connectivity index (χ1v) is 11.2. The molecule has 4 aromatic rings. The van der Waals surface area contributed by atoms with Crippen LogP contribution in [0.25, 0.3) is 16.6 Å². The molecule has 174 valence electrons. The van der Waals surface area contributed by atoms with Crippen LogP contribution >= 0.6 is 0 Å². The summed E-state index contributed by atoms with van der Waals surface area (Å²) in [5, 5.41) is 19.8. The van der Waals surface area contributed by atoms with Gasteiger partial charge in [-0.2, -0.15) is 9.61 Å². The lowest BCUT2D eigenvalue weighted by Gasteiger charge is -2.37. The summed E-state index contributed by atoms with van der Waals surface area (Å²) in [7, 11) is 0. The number of aliphatic hydroxyl groups is 1. The largest absolute Gasteiger partial charge is 0.389 e. The Hall–Kier alpha value is -3.27. The highest BCUT2D eigenvalue weighted by atomic mass is 19.1. The molecule has 0 radical (unpaired) electrons. The van der Waals surface area contributed by atoms with Crippen LogP contribution in [0.5, 0.6) is 0 Å². The van der Waals surface area contributed by atoms with E-state index in [0.717, 1.165) is 25.1 Å². The summed E-state index contributed by atoms with van der Waals surface area (Å²) in [6, 6.07) is 3.48. The fourth-order valence-electron chi connectivity index (χ4n) is 4.61. The van der Waals surface area contributed by atoms with Crippen LogP contribution in [0, 0.1) is 12.7 Å². The van der Waals surface area contributed by atoms with Crippen molar-refractivity contribution in [3.8, 4) is 0 Å². The number of nitrogens with zero attached hydrogens (tertiary/aromatic N) is 7. The van der Waals surface area contributed by atoms with Crippen LogP contribution in [-0.2, 0) is 6.54 Å². The Bertz CT molecular complexity index is 1340. The number of aromatic nitrogens is 6. The summed E-state index contributed by atoms with van der Waals surface area (Å²) in [5.41, 5.74) is 7.97. The summed E-state index contributed by atoms with van der Waals surface area (Å²) in [6.45, 7) is 8.57. The smallest absolute Gasteiger partial charge is 0.223 e. The fourth-order valence-corrected chi connectivity index (χ4v) is 4.61. The van der Waals surface area contributed by atoms with Gasteiger partial charge in [0.15, 0.2) is 11.5 Å². The quantitative estimate of drug-likeness (QED) is 0.490. The van der Waals surface area contributed by atoms with Crippen molar-refractivity contribution in [2.24, 2.45) is 0 Å². The molecule has 3 N–H and O–H groups in total. The average molecular weight is 453 g/mol. The predicted molar refractivity (Wildman–Crippen MR) is 125 cm³/mol. The third kappa shape index (κ3) is 3.99. The summed E-state index contributed by atoms with van der Waals surface area (Å²) in [4.78, 5) is 11.5. The Balaban J connectivity index is 1.48. The molecule has 0 aliphatic carbocycles. The van der Waals surface area contributed by atoms with Crippen molar-refractivity contribution in [3.05, 3.63) is 41.7 Å². The molecule has 0 spiro atoms. The molecule has 10 heteroatoms. The van der Waals surface area contributed by atoms with Crippen LogP contribution in [0.4, 0.5) is 16.0 Å². The van der Waals surface area contributed by atoms with Crippen molar-refractivity contribution in [1.29, 1.82) is 0 Å². The molecule has 1 saturated heterocycles. The van der Waals surface area contributed by atoms with Gasteiger partial charge in [-0.3, -0.25) is 4.68 Å². The maximum atomic E-state index is 14.3. The van der Waals surface area contributed by atoms with E-state index in [1.54, 1.807) is 31.5 Å². The van der Waals surface area contributed by atoms with Gasteiger partial charge < -0.3 is 15.7 Å². The van der Waals surface area contributed by atoms with E-state index in [4.69, 9.17) is 10.7 Å². The number of nitrogens with two attached hydrogens (primary N) is 1. The van der Waals surface area contributed by atoms with Crippen molar-refractivity contribution in [3.63, 3.8) is 0 Å². The minimum absolute atomic E-state index is 0.0866. The van der Waals surface area contributed by atoms with Crippen LogP contribution in [0.15, 0.2) is 24.5 Å². The zero-order valence-corrected chi connectivity index (χ0v) is 19.3. The van der Waals surface area contributed by atoms with E-state index in [1.807, 2.05) is 12.4 Å². The Labute approximate surface area is 191 Å². The number of halogens is 1. The highest BCUT2D eigenvalue weighted by Gasteiger charge is 2.30. The first-order chi connectivity index (χ1) is 15.6. The predicted octanol–water partition coefficient (Wildman–Crippen LogP) is 3.05. The molecular formula is C23H29FN8O. The number of benzene rings is 1. The summed E-state index contributed by atoms with van der Waals surface area (Å²) in [5.74, 6) is 0.693. The molecule has 1 aliphatic heterocycles. The molecule has 0 amide bonds. The normalized spacial score (nSPS) is 19.6. The molecule has 33 heavy (non-hydrogen) atoms. The molecule has 0 bridgehead atoms. The number of nitrogen functional groups attached to an aromatic ring is 1. The van der Waals surface area contributed by atoms with E-state index in [-0.39, 0.29) is 17.7 Å². The number of piperidine rings is 1. The standard InChI is InChI=1S/C23H29FN8O/c1-13-7-19-17(8-18(13)24)21-28-20(29-32(21)22(25)27-19)15-6-5-14(2)31(10-15)16-9-26-30(11-16)12-23(3,4)33/h7-9,11,14-15,33H,5-6,10,12H2,1-4H3,(H2,25,27)/t14-,15+/m0/s1. The molecule has 1 aromatic carbocycles. The van der Waals surface area contributed by atoms with Gasteiger partial charge in [0, 0.05) is 30.1 Å². The molecule has 5 rings (SSSR count). The van der Waals surface area contributed by atoms with Gasteiger partial charge in [-0.05, 0) is 58.2 Å². The third-order valence-corrected chi connectivity index (χ3v) is 6.34. The molecule has 4 heterocycles. The van der Waals surface area contributed by atoms with Gasteiger partial charge in [0.25, 0.3) is 0 Å². The van der Waals surface area contributed by atoms with Gasteiger partial charge in [-0.1, -0.05) is 0 Å². The second kappa shape index (κ2) is 7.65. The maximum Gasteiger partial charge on any atom is 0.223 e. The molecular weight excluding hydrogens is 423 g/mol. The molecule has 1 aliphatic rings. The number of rotatable bonds is 4. The van der Waals surface area contributed by atoms with Gasteiger partial charge in [-0.15, -0.1) is 5.10 Å². The minimum Gasteiger partial charge on any atom is -0.389 e. The SMILES string of the molecule is Cc1cc2nc(N)n3nc([C@@H]4CC[C@H](C)N(c5cnn(CC(C)(C)O)c5)C4)nc3c2cc1F. The number of fused-ring (bicyclic) bond motifs is 3. The monoisotopic (exact) mass is 452 g/mol. The van der Waals surface area contributed by atoms with E-state index < -0.39 is 5.60 Å². The molecule has 2 atom stereocenters. The lowest BCUT2D eigenvalue weighted by atomic mass is 9.92. The van der Waals surface area contributed by atoms with Gasteiger partial charge in [0.05, 0.1) is 29.5 Å². The molecule has 9 nitrogen and oxygen atoms in total. The van der Waals surface area contributed by atoms with E-state index in [0.29, 0.717) is 40.5 Å². The van der Waals surface area contributed by atoms with E-state index >= 15 is 0 Å². The first-order valence-electron chi connectivity index (χ1n) is 11.2. The third-order valence-electron chi connectivity index (χ3n) is 6.34. The van der Waals surface area contributed by atoms with Gasteiger partial charge in [0.2, 0.25) is 5.95 Å². The lowest BCUT2D eigenvalue weighted by molar-refractivity contribution is 0.0577. The molecule has 0 saturated carbocycles. The fraction of sp³-hybridized carbons (Fsp3) is 0.478. The van der Waals surface area contributed by atoms with E-state index in [1.165, 1.54) is 10.6 Å². The van der Waals surface area contributed by atoms with Crippen LogP contribution in [0.3, 0.4) is 0 Å².